The molecule has 2 aliphatic carbocycles. The van der Waals surface area contributed by atoms with Crippen molar-refractivity contribution >= 4 is 11.8 Å². The highest BCUT2D eigenvalue weighted by Gasteiger charge is 2.38. The van der Waals surface area contributed by atoms with Gasteiger partial charge in [0.2, 0.25) is 5.91 Å². The van der Waals surface area contributed by atoms with Crippen LogP contribution in [-0.2, 0) is 17.8 Å². The quantitative estimate of drug-likeness (QED) is 0.671. The molecule has 5 rings (SSSR count). The number of benzene rings is 1. The minimum absolute atomic E-state index is 0.00896. The van der Waals surface area contributed by atoms with Crippen molar-refractivity contribution in [3.8, 4) is 0 Å². The first-order valence-electron chi connectivity index (χ1n) is 12.7. The van der Waals surface area contributed by atoms with E-state index >= 15 is 0 Å². The van der Waals surface area contributed by atoms with Gasteiger partial charge in [-0.15, -0.1) is 0 Å². The molecule has 2 saturated carbocycles. The lowest BCUT2D eigenvalue weighted by Gasteiger charge is -2.35. The van der Waals surface area contributed by atoms with Crippen LogP contribution in [0.25, 0.3) is 0 Å². The van der Waals surface area contributed by atoms with Gasteiger partial charge in [0.25, 0.3) is 5.91 Å². The Kier molecular flexibility index (Phi) is 6.11. The van der Waals surface area contributed by atoms with Crippen LogP contribution in [0.5, 0.6) is 0 Å². The van der Waals surface area contributed by atoms with Gasteiger partial charge >= 0.3 is 0 Å². The molecule has 2 N–H and O–H groups in total. The molecular weight excluding hydrogens is 398 g/mol. The Hall–Kier alpha value is -2.14. The number of hydrogen-bond acceptors (Lipinski definition) is 3. The van der Waals surface area contributed by atoms with E-state index in [1.54, 1.807) is 4.90 Å². The van der Waals surface area contributed by atoms with E-state index in [2.05, 4.69) is 36.3 Å². The van der Waals surface area contributed by atoms with Crippen LogP contribution in [-0.4, -0.2) is 34.8 Å². The second-order valence-electron chi connectivity index (χ2n) is 10.7. The zero-order valence-electron chi connectivity index (χ0n) is 19.4. The lowest BCUT2D eigenvalue weighted by Crippen LogP contribution is -2.49. The fourth-order valence-electron chi connectivity index (χ4n) is 6.10. The summed E-state index contributed by atoms with van der Waals surface area (Å²) in [6.45, 7) is 6.75. The van der Waals surface area contributed by atoms with Crippen LogP contribution in [0, 0.1) is 11.8 Å². The van der Waals surface area contributed by atoms with E-state index in [1.807, 2.05) is 6.07 Å². The first-order chi connectivity index (χ1) is 15.5. The van der Waals surface area contributed by atoms with Crippen molar-refractivity contribution in [3.63, 3.8) is 0 Å². The number of hydrogen-bond donors (Lipinski definition) is 2. The molecule has 172 valence electrons. The van der Waals surface area contributed by atoms with E-state index in [4.69, 9.17) is 0 Å². The maximum Gasteiger partial charge on any atom is 0.255 e. The summed E-state index contributed by atoms with van der Waals surface area (Å²) in [6.07, 6.45) is 11.8. The van der Waals surface area contributed by atoms with Crippen molar-refractivity contribution in [1.29, 1.82) is 0 Å². The standard InChI is InChI=1S/C27H37N3O2/c1-17-7-12-25(26(31)29-17)30-16-22-15-20(10-11-23(22)27(30)32)14-21-5-3-4-6-24(21)28-18(2)13-19-8-9-19/h10-11,15,18-19,21,24-25,28H,1,3-9,12-14,16H2,2H3,(H,29,31)/t18?,21-,24+,25?/m1/s1. The van der Waals surface area contributed by atoms with Gasteiger partial charge in [-0.05, 0) is 74.5 Å². The second kappa shape index (κ2) is 9.01. The summed E-state index contributed by atoms with van der Waals surface area (Å²) in [5, 5.41) is 6.79. The number of allylic oxidation sites excluding steroid dienone is 1. The fourth-order valence-corrected chi connectivity index (χ4v) is 6.10. The van der Waals surface area contributed by atoms with E-state index in [1.165, 1.54) is 50.5 Å². The lowest BCUT2D eigenvalue weighted by molar-refractivity contribution is -0.126. The summed E-state index contributed by atoms with van der Waals surface area (Å²) < 4.78 is 0. The second-order valence-corrected chi connectivity index (χ2v) is 10.7. The van der Waals surface area contributed by atoms with Crippen LogP contribution in [0.2, 0.25) is 0 Å². The maximum absolute atomic E-state index is 13.0. The van der Waals surface area contributed by atoms with Gasteiger partial charge in [-0.1, -0.05) is 44.4 Å². The normalized spacial score (nSPS) is 29.1. The van der Waals surface area contributed by atoms with Crippen molar-refractivity contribution in [2.75, 3.05) is 0 Å². The minimum Gasteiger partial charge on any atom is -0.329 e. The molecule has 1 saturated heterocycles. The molecule has 5 nitrogen and oxygen atoms in total. The van der Waals surface area contributed by atoms with Crippen LogP contribution >= 0.6 is 0 Å². The van der Waals surface area contributed by atoms with Gasteiger partial charge in [-0.25, -0.2) is 0 Å². The number of carbonyl (C=O) groups is 2. The number of nitrogens with zero attached hydrogens (tertiary/aromatic N) is 1. The Labute approximate surface area is 192 Å². The van der Waals surface area contributed by atoms with Crippen molar-refractivity contribution in [2.24, 2.45) is 11.8 Å². The summed E-state index contributed by atoms with van der Waals surface area (Å²) in [6, 6.07) is 7.19. The SMILES string of the molecule is C=C1CCC(N2Cc3cc(C[C@H]4CCCC[C@@H]4NC(C)CC4CC4)ccc3C2=O)C(=O)N1. The monoisotopic (exact) mass is 435 g/mol. The van der Waals surface area contributed by atoms with Gasteiger partial charge < -0.3 is 15.5 Å². The highest BCUT2D eigenvalue weighted by molar-refractivity contribution is 6.01. The molecule has 2 heterocycles. The topological polar surface area (TPSA) is 61.4 Å². The van der Waals surface area contributed by atoms with E-state index in [-0.39, 0.29) is 17.9 Å². The molecule has 4 atom stereocenters. The number of nitrogens with one attached hydrogen (secondary N) is 2. The zero-order valence-corrected chi connectivity index (χ0v) is 19.4. The van der Waals surface area contributed by atoms with Gasteiger partial charge in [0, 0.05) is 29.9 Å². The molecule has 0 spiro atoms. The average Bonchev–Trinajstić information content (AvgIpc) is 3.51. The molecule has 5 heteroatoms. The van der Waals surface area contributed by atoms with Gasteiger partial charge in [0.15, 0.2) is 0 Å². The van der Waals surface area contributed by atoms with Crippen molar-refractivity contribution in [3.05, 3.63) is 47.2 Å². The predicted octanol–water partition coefficient (Wildman–Crippen LogP) is 4.31. The maximum atomic E-state index is 13.0. The third-order valence-corrected chi connectivity index (χ3v) is 7.99. The summed E-state index contributed by atoms with van der Waals surface area (Å²) in [5.74, 6) is 1.51. The molecule has 2 unspecified atom stereocenters. The molecule has 1 aromatic rings. The highest BCUT2D eigenvalue weighted by Crippen LogP contribution is 2.35. The molecule has 0 aromatic heterocycles. The molecule has 0 radical (unpaired) electrons. The largest absolute Gasteiger partial charge is 0.329 e. The fraction of sp³-hybridized carbons (Fsp3) is 0.630. The summed E-state index contributed by atoms with van der Waals surface area (Å²) in [5.41, 5.74) is 3.92. The van der Waals surface area contributed by atoms with Gasteiger partial charge in [-0.2, -0.15) is 0 Å². The molecule has 0 bridgehead atoms. The molecule has 2 aliphatic heterocycles. The Balaban J connectivity index is 1.25. The third-order valence-electron chi connectivity index (χ3n) is 7.99. The Bertz CT molecular complexity index is 906. The average molecular weight is 436 g/mol. The van der Waals surface area contributed by atoms with E-state index in [0.29, 0.717) is 31.0 Å². The number of carbonyl (C=O) groups excluding carboxylic acids is 2. The van der Waals surface area contributed by atoms with Gasteiger partial charge in [-0.3, -0.25) is 9.59 Å². The molecule has 1 aromatic carbocycles. The van der Waals surface area contributed by atoms with Crippen LogP contribution in [0.4, 0.5) is 0 Å². The summed E-state index contributed by atoms with van der Waals surface area (Å²) >= 11 is 0. The van der Waals surface area contributed by atoms with Crippen LogP contribution in [0.15, 0.2) is 30.5 Å². The first kappa shape index (κ1) is 21.7. The first-order valence-corrected chi connectivity index (χ1v) is 12.7. The smallest absolute Gasteiger partial charge is 0.255 e. The Morgan fingerprint density at radius 3 is 2.75 bits per heavy atom. The number of rotatable bonds is 7. The molecule has 32 heavy (non-hydrogen) atoms. The van der Waals surface area contributed by atoms with E-state index < -0.39 is 0 Å². The molecule has 2 amide bonds. The van der Waals surface area contributed by atoms with Crippen LogP contribution in [0.3, 0.4) is 0 Å². The van der Waals surface area contributed by atoms with E-state index in [0.717, 1.165) is 35.6 Å². The van der Waals surface area contributed by atoms with Gasteiger partial charge in [0.1, 0.15) is 6.04 Å². The minimum atomic E-state index is -0.385. The van der Waals surface area contributed by atoms with Crippen LogP contribution in [0.1, 0.15) is 86.2 Å². The Morgan fingerprint density at radius 2 is 1.97 bits per heavy atom. The lowest BCUT2D eigenvalue weighted by atomic mass is 9.80. The van der Waals surface area contributed by atoms with Crippen molar-refractivity contribution in [1.82, 2.24) is 15.5 Å². The summed E-state index contributed by atoms with van der Waals surface area (Å²) in [4.78, 5) is 27.2. The zero-order chi connectivity index (χ0) is 22.2. The Morgan fingerprint density at radius 1 is 1.16 bits per heavy atom. The predicted molar refractivity (Wildman–Crippen MR) is 126 cm³/mol. The molecular formula is C27H37N3O2. The van der Waals surface area contributed by atoms with Crippen molar-refractivity contribution < 1.29 is 9.59 Å². The number of amides is 2. The number of fused-ring (bicyclic) bond motifs is 1. The van der Waals surface area contributed by atoms with Crippen LogP contribution < -0.4 is 10.6 Å². The highest BCUT2D eigenvalue weighted by atomic mass is 16.2. The third kappa shape index (κ3) is 4.63. The van der Waals surface area contributed by atoms with Crippen molar-refractivity contribution in [2.45, 2.75) is 95.8 Å². The molecule has 4 aliphatic rings. The summed E-state index contributed by atoms with van der Waals surface area (Å²) in [7, 11) is 0. The number of piperidine rings is 1. The van der Waals surface area contributed by atoms with E-state index in [9.17, 15) is 9.59 Å². The molecule has 3 fully saturated rings. The van der Waals surface area contributed by atoms with Gasteiger partial charge in [0.05, 0.1) is 0 Å².